The van der Waals surface area contributed by atoms with Crippen molar-refractivity contribution in [3.63, 3.8) is 0 Å². The Morgan fingerprint density at radius 2 is 1.89 bits per heavy atom. The zero-order valence-electron chi connectivity index (χ0n) is 21.2. The monoisotopic (exact) mass is 581 g/mol. The largest absolute Gasteiger partial charge is 0.401 e. The third-order valence-corrected chi connectivity index (χ3v) is 7.89. The number of carbonyl (C=O) groups excluding carboxylic acids is 2. The van der Waals surface area contributed by atoms with Gasteiger partial charge in [0.25, 0.3) is 5.91 Å². The quantitative estimate of drug-likeness (QED) is 0.496. The normalized spacial score (nSPS) is 26.3. The molecule has 2 aliphatic rings. The maximum atomic E-state index is 15.7. The lowest BCUT2D eigenvalue weighted by atomic mass is 9.87. The molecule has 3 rings (SSSR count). The van der Waals surface area contributed by atoms with Gasteiger partial charge in [-0.05, 0) is 31.4 Å². The second kappa shape index (κ2) is 11.9. The van der Waals surface area contributed by atoms with Gasteiger partial charge in [0.2, 0.25) is 5.91 Å². The number of benzene rings is 1. The highest BCUT2D eigenvalue weighted by molar-refractivity contribution is 7.93. The van der Waals surface area contributed by atoms with E-state index in [0.717, 1.165) is 11.7 Å². The standard InChI is InChI=1S/C25H32ClF4N3O4S/c1-17(8-13-38(2,36)37)31-23(35)24(27)9-5-11-33(12-10-24)22(34)20-15-32(16-25(28,29)30)14-19(20)18-6-3-4-7-21(18)26/h3-4,6-8,13,17,19-20H,5,9-12,14-16H2,1-2H3,(H,31,35)/b13-8-/t17-,19+,20+,24-/m1/s1. The minimum absolute atomic E-state index is 0.00182. The van der Waals surface area contributed by atoms with Gasteiger partial charge in [0.15, 0.2) is 15.5 Å². The second-order valence-corrected chi connectivity index (χ2v) is 12.4. The lowest BCUT2D eigenvalue weighted by molar-refractivity contribution is -0.146. The first kappa shape index (κ1) is 30.4. The Bertz CT molecular complexity index is 1160. The van der Waals surface area contributed by atoms with E-state index in [2.05, 4.69) is 5.32 Å². The topological polar surface area (TPSA) is 86.8 Å². The molecule has 0 spiro atoms. The molecule has 13 heteroatoms. The molecule has 38 heavy (non-hydrogen) atoms. The number of amides is 2. The predicted molar refractivity (Wildman–Crippen MR) is 136 cm³/mol. The number of halogens is 5. The first-order chi connectivity index (χ1) is 17.6. The Kier molecular flexibility index (Phi) is 9.52. The van der Waals surface area contributed by atoms with Crippen LogP contribution < -0.4 is 5.32 Å². The van der Waals surface area contributed by atoms with Crippen molar-refractivity contribution in [3.05, 3.63) is 46.3 Å². The van der Waals surface area contributed by atoms with Crippen molar-refractivity contribution in [2.75, 3.05) is 39.0 Å². The number of sulfone groups is 1. The number of likely N-dealkylation sites (tertiary alicyclic amines) is 2. The molecule has 1 N–H and O–H groups in total. The number of hydrogen-bond acceptors (Lipinski definition) is 5. The van der Waals surface area contributed by atoms with E-state index in [-0.39, 0.29) is 45.4 Å². The van der Waals surface area contributed by atoms with Gasteiger partial charge in [0.1, 0.15) is 0 Å². The highest BCUT2D eigenvalue weighted by atomic mass is 35.5. The van der Waals surface area contributed by atoms with Gasteiger partial charge in [-0.3, -0.25) is 14.5 Å². The summed E-state index contributed by atoms with van der Waals surface area (Å²) in [4.78, 5) is 28.9. The smallest absolute Gasteiger partial charge is 0.347 e. The maximum Gasteiger partial charge on any atom is 0.401 e. The zero-order chi connectivity index (χ0) is 28.3. The molecule has 2 aliphatic heterocycles. The molecular formula is C25H32ClF4N3O4S. The molecule has 0 aliphatic carbocycles. The van der Waals surface area contributed by atoms with Crippen LogP contribution >= 0.6 is 11.6 Å². The van der Waals surface area contributed by atoms with Crippen LogP contribution in [0.25, 0.3) is 0 Å². The van der Waals surface area contributed by atoms with E-state index in [0.29, 0.717) is 10.6 Å². The Morgan fingerprint density at radius 3 is 2.53 bits per heavy atom. The fourth-order valence-electron chi connectivity index (χ4n) is 5.03. The van der Waals surface area contributed by atoms with Gasteiger partial charge in [-0.15, -0.1) is 0 Å². The summed E-state index contributed by atoms with van der Waals surface area (Å²) in [5.74, 6) is -2.67. The molecule has 2 amide bonds. The summed E-state index contributed by atoms with van der Waals surface area (Å²) in [5.41, 5.74) is -1.69. The summed E-state index contributed by atoms with van der Waals surface area (Å²) in [6, 6.07) is 6.00. The Hall–Kier alpha value is -2.18. The summed E-state index contributed by atoms with van der Waals surface area (Å²) < 4.78 is 77.6. The molecule has 4 atom stereocenters. The molecule has 7 nitrogen and oxygen atoms in total. The van der Waals surface area contributed by atoms with Gasteiger partial charge in [0, 0.05) is 61.2 Å². The third kappa shape index (κ3) is 8.16. The number of rotatable bonds is 7. The van der Waals surface area contributed by atoms with Crippen LogP contribution in [-0.4, -0.2) is 86.9 Å². The van der Waals surface area contributed by atoms with E-state index in [9.17, 15) is 31.2 Å². The minimum Gasteiger partial charge on any atom is -0.347 e. The first-order valence-electron chi connectivity index (χ1n) is 12.3. The number of hydrogen-bond donors (Lipinski definition) is 1. The first-order valence-corrected chi connectivity index (χ1v) is 14.6. The van der Waals surface area contributed by atoms with Gasteiger partial charge >= 0.3 is 6.18 Å². The van der Waals surface area contributed by atoms with E-state index in [1.807, 2.05) is 0 Å². The maximum absolute atomic E-state index is 15.7. The SMILES string of the molecule is C[C@H](/C=C\S(C)(=O)=O)NC(=O)[C@@]1(F)CCCN(C(=O)[C@H]2CN(CC(F)(F)F)C[C@H]2c2ccccc2Cl)CC1. The number of carbonyl (C=O) groups is 2. The summed E-state index contributed by atoms with van der Waals surface area (Å²) in [5, 5.41) is 3.74. The zero-order valence-corrected chi connectivity index (χ0v) is 22.8. The summed E-state index contributed by atoms with van der Waals surface area (Å²) >= 11 is 6.33. The van der Waals surface area contributed by atoms with Crippen LogP contribution in [0.15, 0.2) is 35.7 Å². The molecule has 0 radical (unpaired) electrons. The van der Waals surface area contributed by atoms with E-state index in [1.165, 1.54) is 22.8 Å². The predicted octanol–water partition coefficient (Wildman–Crippen LogP) is 3.70. The number of nitrogens with one attached hydrogen (secondary N) is 1. The Balaban J connectivity index is 1.72. The van der Waals surface area contributed by atoms with Crippen molar-refractivity contribution in [2.24, 2.45) is 5.92 Å². The van der Waals surface area contributed by atoms with Gasteiger partial charge in [-0.2, -0.15) is 13.2 Å². The lowest BCUT2D eigenvalue weighted by Crippen LogP contribution is -2.47. The Morgan fingerprint density at radius 1 is 1.21 bits per heavy atom. The van der Waals surface area contributed by atoms with E-state index >= 15 is 4.39 Å². The molecule has 2 saturated heterocycles. The van der Waals surface area contributed by atoms with Crippen molar-refractivity contribution in [1.29, 1.82) is 0 Å². The third-order valence-electron chi connectivity index (χ3n) is 6.89. The van der Waals surface area contributed by atoms with Crippen LogP contribution in [0.3, 0.4) is 0 Å². The summed E-state index contributed by atoms with van der Waals surface area (Å²) in [7, 11) is -3.41. The van der Waals surface area contributed by atoms with Crippen LogP contribution in [0.4, 0.5) is 17.6 Å². The van der Waals surface area contributed by atoms with Crippen LogP contribution in [0.5, 0.6) is 0 Å². The van der Waals surface area contributed by atoms with Crippen LogP contribution in [-0.2, 0) is 19.4 Å². The van der Waals surface area contributed by atoms with Crippen LogP contribution in [0.2, 0.25) is 5.02 Å². The van der Waals surface area contributed by atoms with Crippen molar-refractivity contribution < 1.29 is 35.6 Å². The van der Waals surface area contributed by atoms with E-state index in [4.69, 9.17) is 11.6 Å². The van der Waals surface area contributed by atoms with E-state index < -0.39 is 57.9 Å². The molecule has 0 unspecified atom stereocenters. The van der Waals surface area contributed by atoms with Crippen molar-refractivity contribution >= 4 is 33.3 Å². The number of nitrogens with zero attached hydrogens (tertiary/aromatic N) is 2. The number of alkyl halides is 4. The van der Waals surface area contributed by atoms with Gasteiger partial charge in [-0.1, -0.05) is 35.9 Å². The van der Waals surface area contributed by atoms with Gasteiger partial charge in [-0.25, -0.2) is 12.8 Å². The molecule has 2 heterocycles. The van der Waals surface area contributed by atoms with Crippen molar-refractivity contribution in [2.45, 2.75) is 50.0 Å². The molecule has 2 fully saturated rings. The van der Waals surface area contributed by atoms with Crippen molar-refractivity contribution in [3.8, 4) is 0 Å². The molecule has 0 aromatic heterocycles. The van der Waals surface area contributed by atoms with Crippen molar-refractivity contribution in [1.82, 2.24) is 15.1 Å². The van der Waals surface area contributed by atoms with E-state index in [1.54, 1.807) is 24.3 Å². The molecular weight excluding hydrogens is 550 g/mol. The summed E-state index contributed by atoms with van der Waals surface area (Å²) in [6.45, 7) is 0.320. The van der Waals surface area contributed by atoms with Gasteiger partial charge in [0.05, 0.1) is 12.5 Å². The van der Waals surface area contributed by atoms with Crippen LogP contribution in [0, 0.1) is 5.92 Å². The fourth-order valence-corrected chi connectivity index (χ4v) is 5.83. The minimum atomic E-state index is -4.43. The molecule has 1 aromatic carbocycles. The average Bonchev–Trinajstić information content (AvgIpc) is 3.09. The molecule has 1 aromatic rings. The highest BCUT2D eigenvalue weighted by Gasteiger charge is 2.46. The second-order valence-electron chi connectivity index (χ2n) is 10.1. The molecule has 0 bridgehead atoms. The summed E-state index contributed by atoms with van der Waals surface area (Å²) in [6.07, 6.45) is -2.45. The molecule has 0 saturated carbocycles. The average molecular weight is 582 g/mol. The van der Waals surface area contributed by atoms with Crippen LogP contribution in [0.1, 0.15) is 37.7 Å². The lowest BCUT2D eigenvalue weighted by Gasteiger charge is -2.28. The molecule has 212 valence electrons. The van der Waals surface area contributed by atoms with Gasteiger partial charge < -0.3 is 10.2 Å². The highest BCUT2D eigenvalue weighted by Crippen LogP contribution is 2.39. The fraction of sp³-hybridized carbons (Fsp3) is 0.600. The Labute approximate surface area is 225 Å².